The molecule has 0 radical (unpaired) electrons. The van der Waals surface area contributed by atoms with E-state index >= 15 is 0 Å². The van der Waals surface area contributed by atoms with Crippen molar-refractivity contribution in [1.82, 2.24) is 15.1 Å². The van der Waals surface area contributed by atoms with E-state index < -0.39 is 11.6 Å². The first kappa shape index (κ1) is 16.4. The van der Waals surface area contributed by atoms with Gasteiger partial charge in [-0.1, -0.05) is 11.2 Å². The molecule has 26 heavy (non-hydrogen) atoms. The van der Waals surface area contributed by atoms with Gasteiger partial charge in [-0.3, -0.25) is 0 Å². The lowest BCUT2D eigenvalue weighted by molar-refractivity contribution is 0.425. The molecule has 0 spiro atoms. The molecule has 1 saturated heterocycles. The molecule has 1 aliphatic rings. The number of nitrogens with one attached hydrogen (secondary N) is 1. The quantitative estimate of drug-likeness (QED) is 0.772. The van der Waals surface area contributed by atoms with Gasteiger partial charge in [-0.05, 0) is 37.6 Å². The number of para-hydroxylation sites is 1. The van der Waals surface area contributed by atoms with Gasteiger partial charge in [0.25, 0.3) is 5.89 Å². The van der Waals surface area contributed by atoms with Crippen molar-refractivity contribution < 1.29 is 13.3 Å². The van der Waals surface area contributed by atoms with E-state index in [-0.39, 0.29) is 11.7 Å². The van der Waals surface area contributed by atoms with Crippen molar-refractivity contribution in [3.05, 3.63) is 54.0 Å². The van der Waals surface area contributed by atoms with E-state index in [0.717, 1.165) is 6.42 Å². The van der Waals surface area contributed by atoms with Gasteiger partial charge < -0.3 is 14.7 Å². The number of anilines is 2. The van der Waals surface area contributed by atoms with Gasteiger partial charge in [0.15, 0.2) is 5.82 Å². The van der Waals surface area contributed by atoms with Gasteiger partial charge >= 0.3 is 0 Å². The molecule has 3 heterocycles. The lowest BCUT2D eigenvalue weighted by Gasteiger charge is -2.20. The number of aryl methyl sites for hydroxylation is 1. The average molecular weight is 357 g/mol. The van der Waals surface area contributed by atoms with Crippen LogP contribution in [0.3, 0.4) is 0 Å². The van der Waals surface area contributed by atoms with Crippen LogP contribution in [0, 0.1) is 18.6 Å². The van der Waals surface area contributed by atoms with Crippen molar-refractivity contribution >= 4 is 11.5 Å². The summed E-state index contributed by atoms with van der Waals surface area (Å²) in [6.45, 7) is 2.77. The fraction of sp³-hybridized carbons (Fsp3) is 0.278. The highest BCUT2D eigenvalue weighted by atomic mass is 19.1. The normalized spacial score (nSPS) is 16.9. The fourth-order valence-electron chi connectivity index (χ4n) is 3.17. The average Bonchev–Trinajstić information content (AvgIpc) is 3.25. The molecule has 3 aromatic rings. The van der Waals surface area contributed by atoms with E-state index in [4.69, 9.17) is 4.52 Å². The lowest BCUT2D eigenvalue weighted by Crippen LogP contribution is -2.27. The first-order valence-corrected chi connectivity index (χ1v) is 8.33. The summed E-state index contributed by atoms with van der Waals surface area (Å²) < 4.78 is 33.2. The second-order valence-corrected chi connectivity index (χ2v) is 6.19. The molecule has 0 unspecified atom stereocenters. The molecule has 0 amide bonds. The summed E-state index contributed by atoms with van der Waals surface area (Å²) >= 11 is 0. The van der Waals surface area contributed by atoms with Crippen molar-refractivity contribution in [2.24, 2.45) is 0 Å². The van der Waals surface area contributed by atoms with Crippen LogP contribution in [0.15, 0.2) is 41.1 Å². The summed E-state index contributed by atoms with van der Waals surface area (Å²) in [7, 11) is 0. The standard InChI is InChI=1S/C18H17F2N5O/c1-11-22-18(26-24-11)13-4-3-8-21-17(13)23-12-7-9-25(10-12)16-14(19)5-2-6-15(16)20/h2-6,8,12H,7,9-10H2,1H3,(H,21,23)/t12-/m1/s1. The third-order valence-corrected chi connectivity index (χ3v) is 4.35. The van der Waals surface area contributed by atoms with Crippen LogP contribution in [0.2, 0.25) is 0 Å². The van der Waals surface area contributed by atoms with Gasteiger partial charge in [-0.15, -0.1) is 0 Å². The van der Waals surface area contributed by atoms with Crippen molar-refractivity contribution in [1.29, 1.82) is 0 Å². The molecular formula is C18H17F2N5O. The summed E-state index contributed by atoms with van der Waals surface area (Å²) in [6, 6.07) is 7.53. The number of hydrogen-bond donors (Lipinski definition) is 1. The summed E-state index contributed by atoms with van der Waals surface area (Å²) in [5.41, 5.74) is 0.717. The second kappa shape index (κ2) is 6.70. The van der Waals surface area contributed by atoms with E-state index in [9.17, 15) is 8.78 Å². The number of nitrogens with zero attached hydrogens (tertiary/aromatic N) is 4. The zero-order valence-corrected chi connectivity index (χ0v) is 14.1. The van der Waals surface area contributed by atoms with Crippen molar-refractivity contribution in [2.45, 2.75) is 19.4 Å². The molecule has 134 valence electrons. The number of benzene rings is 1. The summed E-state index contributed by atoms with van der Waals surface area (Å²) in [4.78, 5) is 10.3. The molecule has 1 aliphatic heterocycles. The van der Waals surface area contributed by atoms with Gasteiger partial charge in [-0.2, -0.15) is 4.98 Å². The minimum absolute atomic E-state index is 0.00771. The van der Waals surface area contributed by atoms with E-state index in [2.05, 4.69) is 20.4 Å². The maximum absolute atomic E-state index is 14.0. The predicted molar refractivity (Wildman–Crippen MR) is 92.9 cm³/mol. The van der Waals surface area contributed by atoms with Crippen LogP contribution in [-0.4, -0.2) is 34.3 Å². The zero-order valence-electron chi connectivity index (χ0n) is 14.1. The summed E-state index contributed by atoms with van der Waals surface area (Å²) in [5.74, 6) is 0.429. The first-order valence-electron chi connectivity index (χ1n) is 8.33. The number of pyridine rings is 1. The van der Waals surface area contributed by atoms with Crippen LogP contribution < -0.4 is 10.2 Å². The SMILES string of the molecule is Cc1noc(-c2cccnc2N[C@@H]2CCN(c3c(F)cccc3F)C2)n1. The predicted octanol–water partition coefficient (Wildman–Crippen LogP) is 3.41. The van der Waals surface area contributed by atoms with E-state index in [1.165, 1.54) is 18.2 Å². The van der Waals surface area contributed by atoms with Gasteiger partial charge in [0.2, 0.25) is 0 Å². The van der Waals surface area contributed by atoms with E-state index in [1.54, 1.807) is 24.1 Å². The first-order chi connectivity index (χ1) is 12.6. The Labute approximate surface area is 148 Å². The lowest BCUT2D eigenvalue weighted by atomic mass is 10.2. The maximum atomic E-state index is 14.0. The number of rotatable bonds is 4. The summed E-state index contributed by atoms with van der Waals surface area (Å²) in [5, 5.41) is 7.13. The molecule has 1 atom stereocenters. The third-order valence-electron chi connectivity index (χ3n) is 4.35. The monoisotopic (exact) mass is 357 g/mol. The number of halogens is 2. The topological polar surface area (TPSA) is 67.1 Å². The Balaban J connectivity index is 1.53. The summed E-state index contributed by atoms with van der Waals surface area (Å²) in [6.07, 6.45) is 2.39. The highest BCUT2D eigenvalue weighted by molar-refractivity contribution is 5.69. The molecule has 4 rings (SSSR count). The third kappa shape index (κ3) is 3.10. The number of aromatic nitrogens is 3. The van der Waals surface area contributed by atoms with Crippen LogP contribution in [0.25, 0.3) is 11.5 Å². The van der Waals surface area contributed by atoms with E-state index in [1.807, 2.05) is 6.07 Å². The fourth-order valence-corrected chi connectivity index (χ4v) is 3.17. The maximum Gasteiger partial charge on any atom is 0.261 e. The molecule has 0 aliphatic carbocycles. The molecule has 0 saturated carbocycles. The van der Waals surface area contributed by atoms with Crippen LogP contribution >= 0.6 is 0 Å². The van der Waals surface area contributed by atoms with Gasteiger partial charge in [0, 0.05) is 25.3 Å². The van der Waals surface area contributed by atoms with Crippen molar-refractivity contribution in [3.63, 3.8) is 0 Å². The minimum atomic E-state index is -0.550. The molecule has 0 bridgehead atoms. The highest BCUT2D eigenvalue weighted by Gasteiger charge is 2.27. The van der Waals surface area contributed by atoms with Crippen LogP contribution in [-0.2, 0) is 0 Å². The Morgan fingerprint density at radius 1 is 1.19 bits per heavy atom. The molecule has 1 aromatic carbocycles. The van der Waals surface area contributed by atoms with E-state index in [0.29, 0.717) is 36.2 Å². The molecule has 6 nitrogen and oxygen atoms in total. The Kier molecular flexibility index (Phi) is 4.24. The number of hydrogen-bond acceptors (Lipinski definition) is 6. The van der Waals surface area contributed by atoms with Crippen molar-refractivity contribution in [3.8, 4) is 11.5 Å². The molecule has 1 fully saturated rings. The zero-order chi connectivity index (χ0) is 18.1. The Morgan fingerprint density at radius 3 is 2.73 bits per heavy atom. The smallest absolute Gasteiger partial charge is 0.261 e. The van der Waals surface area contributed by atoms with Gasteiger partial charge in [0.05, 0.1) is 5.56 Å². The van der Waals surface area contributed by atoms with Crippen LogP contribution in [0.1, 0.15) is 12.2 Å². The van der Waals surface area contributed by atoms with Gasteiger partial charge in [-0.25, -0.2) is 13.8 Å². The Hall–Kier alpha value is -3.03. The largest absolute Gasteiger partial charge is 0.365 e. The molecule has 2 aromatic heterocycles. The van der Waals surface area contributed by atoms with Crippen molar-refractivity contribution in [2.75, 3.05) is 23.3 Å². The molecule has 8 heteroatoms. The molecular weight excluding hydrogens is 340 g/mol. The minimum Gasteiger partial charge on any atom is -0.365 e. The Morgan fingerprint density at radius 2 is 2.00 bits per heavy atom. The second-order valence-electron chi connectivity index (χ2n) is 6.19. The Bertz CT molecular complexity index is 909. The molecule has 1 N–H and O–H groups in total. The van der Waals surface area contributed by atoms with Crippen LogP contribution in [0.5, 0.6) is 0 Å². The van der Waals surface area contributed by atoms with Gasteiger partial charge in [0.1, 0.15) is 23.1 Å². The van der Waals surface area contributed by atoms with Crippen LogP contribution in [0.4, 0.5) is 20.3 Å². The highest BCUT2D eigenvalue weighted by Crippen LogP contribution is 2.30.